The number of rotatable bonds is 8. The van der Waals surface area contributed by atoms with Crippen LogP contribution in [0.2, 0.25) is 0 Å². The summed E-state index contributed by atoms with van der Waals surface area (Å²) < 4.78 is 2.23. The highest BCUT2D eigenvalue weighted by Gasteiger charge is 2.13. The number of hydrogen-bond donors (Lipinski definition) is 1. The molecule has 0 amide bonds. The minimum Gasteiger partial charge on any atom is -0.331 e. The molecule has 1 unspecified atom stereocenters. The van der Waals surface area contributed by atoms with Gasteiger partial charge >= 0.3 is 0 Å². The predicted octanol–water partition coefficient (Wildman–Crippen LogP) is 2.53. The van der Waals surface area contributed by atoms with E-state index in [0.717, 1.165) is 13.1 Å². The van der Waals surface area contributed by atoms with Gasteiger partial charge < -0.3 is 14.8 Å². The van der Waals surface area contributed by atoms with Crippen LogP contribution in [0.25, 0.3) is 0 Å². The molecule has 1 aromatic rings. The summed E-state index contributed by atoms with van der Waals surface area (Å²) in [6.45, 7) is 10.9. The van der Waals surface area contributed by atoms with Crippen LogP contribution in [0.5, 0.6) is 0 Å². The SMILES string of the molecule is CC(C)CC(CN(C)C)NCc1cncn1C(C)C. The van der Waals surface area contributed by atoms with Crippen molar-refractivity contribution in [2.45, 2.75) is 52.7 Å². The summed E-state index contributed by atoms with van der Waals surface area (Å²) in [5.41, 5.74) is 1.27. The van der Waals surface area contributed by atoms with Gasteiger partial charge in [-0.2, -0.15) is 0 Å². The van der Waals surface area contributed by atoms with E-state index in [9.17, 15) is 0 Å². The lowest BCUT2D eigenvalue weighted by Gasteiger charge is -2.24. The molecular weight excluding hydrogens is 236 g/mol. The van der Waals surface area contributed by atoms with E-state index in [0.29, 0.717) is 18.0 Å². The maximum absolute atomic E-state index is 4.26. The van der Waals surface area contributed by atoms with Gasteiger partial charge in [-0.1, -0.05) is 13.8 Å². The van der Waals surface area contributed by atoms with E-state index < -0.39 is 0 Å². The Labute approximate surface area is 118 Å². The van der Waals surface area contributed by atoms with Gasteiger partial charge in [0.05, 0.1) is 12.0 Å². The number of likely N-dealkylation sites (N-methyl/N-ethyl adjacent to an activating group) is 1. The van der Waals surface area contributed by atoms with Crippen molar-refractivity contribution in [2.75, 3.05) is 20.6 Å². The fourth-order valence-electron chi connectivity index (χ4n) is 2.42. The van der Waals surface area contributed by atoms with Crippen molar-refractivity contribution < 1.29 is 0 Å². The van der Waals surface area contributed by atoms with E-state index in [1.165, 1.54) is 12.1 Å². The quantitative estimate of drug-likeness (QED) is 0.785. The maximum Gasteiger partial charge on any atom is 0.0951 e. The summed E-state index contributed by atoms with van der Waals surface area (Å²) >= 11 is 0. The molecule has 0 aliphatic heterocycles. The zero-order valence-electron chi connectivity index (χ0n) is 13.3. The number of imidazole rings is 1. The van der Waals surface area contributed by atoms with Crippen LogP contribution in [0, 0.1) is 5.92 Å². The fraction of sp³-hybridized carbons (Fsp3) is 0.800. The molecule has 0 bridgehead atoms. The van der Waals surface area contributed by atoms with Crippen LogP contribution in [0.4, 0.5) is 0 Å². The summed E-state index contributed by atoms with van der Waals surface area (Å²) in [7, 11) is 4.26. The summed E-state index contributed by atoms with van der Waals surface area (Å²) in [5, 5.41) is 3.68. The first kappa shape index (κ1) is 16.2. The van der Waals surface area contributed by atoms with E-state index >= 15 is 0 Å². The molecule has 0 fully saturated rings. The molecule has 0 radical (unpaired) electrons. The molecule has 4 nitrogen and oxygen atoms in total. The second-order valence-corrected chi connectivity index (χ2v) is 6.36. The minimum absolute atomic E-state index is 0.469. The van der Waals surface area contributed by atoms with E-state index in [-0.39, 0.29) is 0 Å². The molecule has 0 saturated heterocycles. The van der Waals surface area contributed by atoms with Gasteiger partial charge in [-0.15, -0.1) is 0 Å². The smallest absolute Gasteiger partial charge is 0.0951 e. The molecule has 1 atom stereocenters. The van der Waals surface area contributed by atoms with Crippen molar-refractivity contribution in [3.63, 3.8) is 0 Å². The Bertz CT molecular complexity index is 345. The first-order valence-electron chi connectivity index (χ1n) is 7.29. The van der Waals surface area contributed by atoms with Crippen molar-refractivity contribution >= 4 is 0 Å². The molecule has 0 saturated carbocycles. The Kier molecular flexibility index (Phi) is 6.52. The maximum atomic E-state index is 4.26. The third-order valence-corrected chi connectivity index (χ3v) is 3.22. The van der Waals surface area contributed by atoms with Crippen LogP contribution in [-0.4, -0.2) is 41.1 Å². The summed E-state index contributed by atoms with van der Waals surface area (Å²) in [6, 6.07) is 1.00. The Morgan fingerprint density at radius 3 is 2.47 bits per heavy atom. The topological polar surface area (TPSA) is 33.1 Å². The lowest BCUT2D eigenvalue weighted by atomic mass is 10.0. The third kappa shape index (κ3) is 5.74. The Hall–Kier alpha value is -0.870. The Balaban J connectivity index is 2.57. The average molecular weight is 266 g/mol. The fourth-order valence-corrected chi connectivity index (χ4v) is 2.42. The van der Waals surface area contributed by atoms with Gasteiger partial charge in [0.15, 0.2) is 0 Å². The average Bonchev–Trinajstić information content (AvgIpc) is 2.72. The van der Waals surface area contributed by atoms with E-state index in [4.69, 9.17) is 0 Å². The van der Waals surface area contributed by atoms with Gasteiger partial charge in [0, 0.05) is 31.4 Å². The van der Waals surface area contributed by atoms with E-state index in [1.807, 2.05) is 12.5 Å². The van der Waals surface area contributed by atoms with Crippen molar-refractivity contribution in [1.82, 2.24) is 19.8 Å². The molecule has 0 aliphatic carbocycles. The van der Waals surface area contributed by atoms with Crippen LogP contribution in [0.3, 0.4) is 0 Å². The zero-order valence-corrected chi connectivity index (χ0v) is 13.3. The Morgan fingerprint density at radius 1 is 1.26 bits per heavy atom. The van der Waals surface area contributed by atoms with E-state index in [1.54, 1.807) is 0 Å². The predicted molar refractivity (Wildman–Crippen MR) is 81.2 cm³/mol. The molecule has 1 heterocycles. The highest BCUT2D eigenvalue weighted by atomic mass is 15.1. The molecule has 0 aliphatic rings. The van der Waals surface area contributed by atoms with Crippen LogP contribution in [0.15, 0.2) is 12.5 Å². The molecule has 0 aromatic carbocycles. The molecule has 110 valence electrons. The minimum atomic E-state index is 0.469. The van der Waals surface area contributed by atoms with Gasteiger partial charge in [-0.25, -0.2) is 4.98 Å². The standard InChI is InChI=1S/C15H30N4/c1-12(2)7-14(10-18(5)6)17-9-15-8-16-11-19(15)13(3)4/h8,11-14,17H,7,9-10H2,1-6H3. The van der Waals surface area contributed by atoms with Crippen molar-refractivity contribution in [1.29, 1.82) is 0 Å². The van der Waals surface area contributed by atoms with Gasteiger partial charge in [-0.05, 0) is 40.3 Å². The number of nitrogens with zero attached hydrogens (tertiary/aromatic N) is 3. The molecule has 1 aromatic heterocycles. The highest BCUT2D eigenvalue weighted by Crippen LogP contribution is 2.10. The van der Waals surface area contributed by atoms with Crippen molar-refractivity contribution in [3.05, 3.63) is 18.2 Å². The molecule has 1 rings (SSSR count). The lowest BCUT2D eigenvalue weighted by Crippen LogP contribution is -2.39. The zero-order chi connectivity index (χ0) is 14.4. The second-order valence-electron chi connectivity index (χ2n) is 6.36. The monoisotopic (exact) mass is 266 g/mol. The third-order valence-electron chi connectivity index (χ3n) is 3.22. The van der Waals surface area contributed by atoms with Gasteiger partial charge in [0.2, 0.25) is 0 Å². The van der Waals surface area contributed by atoms with Crippen LogP contribution in [0.1, 0.15) is 45.9 Å². The molecular formula is C15H30N4. The van der Waals surface area contributed by atoms with E-state index in [2.05, 4.69) is 61.6 Å². The molecule has 1 N–H and O–H groups in total. The van der Waals surface area contributed by atoms with Crippen LogP contribution in [-0.2, 0) is 6.54 Å². The van der Waals surface area contributed by atoms with Crippen LogP contribution < -0.4 is 5.32 Å². The molecule has 4 heteroatoms. The van der Waals surface area contributed by atoms with Gasteiger partial charge in [0.1, 0.15) is 0 Å². The number of nitrogens with one attached hydrogen (secondary N) is 1. The summed E-state index contributed by atoms with van der Waals surface area (Å²) in [4.78, 5) is 6.51. The number of hydrogen-bond acceptors (Lipinski definition) is 3. The highest BCUT2D eigenvalue weighted by molar-refractivity contribution is 4.99. The summed E-state index contributed by atoms with van der Waals surface area (Å²) in [6.07, 6.45) is 5.09. The molecule has 0 spiro atoms. The number of aromatic nitrogens is 2. The summed E-state index contributed by atoms with van der Waals surface area (Å²) in [5.74, 6) is 0.715. The van der Waals surface area contributed by atoms with Crippen molar-refractivity contribution in [2.24, 2.45) is 5.92 Å². The van der Waals surface area contributed by atoms with Gasteiger partial charge in [0.25, 0.3) is 0 Å². The second kappa shape index (κ2) is 7.65. The van der Waals surface area contributed by atoms with Gasteiger partial charge in [-0.3, -0.25) is 0 Å². The normalized spacial score (nSPS) is 13.7. The largest absolute Gasteiger partial charge is 0.331 e. The first-order chi connectivity index (χ1) is 8.90. The van der Waals surface area contributed by atoms with Crippen LogP contribution >= 0.6 is 0 Å². The van der Waals surface area contributed by atoms with Crippen molar-refractivity contribution in [3.8, 4) is 0 Å². The lowest BCUT2D eigenvalue weighted by molar-refractivity contribution is 0.303. The molecule has 19 heavy (non-hydrogen) atoms. The Morgan fingerprint density at radius 2 is 1.95 bits per heavy atom. The first-order valence-corrected chi connectivity index (χ1v) is 7.29.